The number of hydrogen-bond donors (Lipinski definition) is 1. The molecule has 21 heavy (non-hydrogen) atoms. The van der Waals surface area contributed by atoms with Gasteiger partial charge < -0.3 is 9.47 Å². The van der Waals surface area contributed by atoms with Crippen molar-refractivity contribution in [3.63, 3.8) is 0 Å². The average molecular weight is 324 g/mol. The van der Waals surface area contributed by atoms with Crippen LogP contribution in [-0.4, -0.2) is 28.0 Å². The van der Waals surface area contributed by atoms with E-state index >= 15 is 0 Å². The lowest BCUT2D eigenvalue weighted by Gasteiger charge is -2.13. The van der Waals surface area contributed by atoms with E-state index in [2.05, 4.69) is 24.8 Å². The lowest BCUT2D eigenvalue weighted by molar-refractivity contribution is 0.0597. The SMILES string of the molecule is CCSc1cccc(C(=O)OC)c1COc1ccn(S)n1. The van der Waals surface area contributed by atoms with Crippen molar-refractivity contribution >= 4 is 30.5 Å². The number of carbonyl (C=O) groups excluding carboxylic acids is 1. The zero-order valence-electron chi connectivity index (χ0n) is 11.8. The fourth-order valence-electron chi connectivity index (χ4n) is 1.83. The summed E-state index contributed by atoms with van der Waals surface area (Å²) in [7, 11) is 1.37. The van der Waals surface area contributed by atoms with E-state index < -0.39 is 0 Å². The fourth-order valence-corrected chi connectivity index (χ4v) is 2.81. The smallest absolute Gasteiger partial charge is 0.338 e. The number of hydrogen-bond acceptors (Lipinski definition) is 6. The number of methoxy groups -OCH3 is 1. The van der Waals surface area contributed by atoms with Gasteiger partial charge in [0.15, 0.2) is 0 Å². The summed E-state index contributed by atoms with van der Waals surface area (Å²) in [5, 5.41) is 4.03. The Morgan fingerprint density at radius 2 is 2.24 bits per heavy atom. The molecule has 0 aliphatic heterocycles. The molecule has 0 amide bonds. The Labute approximate surface area is 133 Å². The molecule has 0 N–H and O–H groups in total. The summed E-state index contributed by atoms with van der Waals surface area (Å²) in [5.74, 6) is 0.993. The van der Waals surface area contributed by atoms with Gasteiger partial charge in [0, 0.05) is 22.7 Å². The lowest BCUT2D eigenvalue weighted by atomic mass is 10.1. The van der Waals surface area contributed by atoms with Crippen LogP contribution in [0.5, 0.6) is 5.88 Å². The number of carbonyl (C=O) groups is 1. The Balaban J connectivity index is 2.27. The highest BCUT2D eigenvalue weighted by Crippen LogP contribution is 2.27. The minimum Gasteiger partial charge on any atom is -0.472 e. The molecule has 0 atom stereocenters. The number of thioether (sulfide) groups is 1. The maximum Gasteiger partial charge on any atom is 0.338 e. The molecule has 0 saturated carbocycles. The molecule has 1 aromatic carbocycles. The normalized spacial score (nSPS) is 10.4. The van der Waals surface area contributed by atoms with Crippen LogP contribution in [0.3, 0.4) is 0 Å². The minimum absolute atomic E-state index is 0.248. The van der Waals surface area contributed by atoms with Crippen molar-refractivity contribution in [2.75, 3.05) is 12.9 Å². The number of rotatable bonds is 6. The first-order chi connectivity index (χ1) is 10.2. The summed E-state index contributed by atoms with van der Waals surface area (Å²) in [4.78, 5) is 12.9. The molecule has 5 nitrogen and oxygen atoms in total. The zero-order chi connectivity index (χ0) is 15.2. The number of ether oxygens (including phenoxy) is 2. The third-order valence-corrected chi connectivity index (χ3v) is 3.96. The van der Waals surface area contributed by atoms with Gasteiger partial charge in [0.1, 0.15) is 6.61 Å². The standard InChI is InChI=1S/C14H16N2O3S2/c1-3-21-12-6-4-5-10(14(17)18-2)11(12)9-19-13-7-8-16(20)15-13/h4-8,20H,3,9H2,1-2H3. The largest absolute Gasteiger partial charge is 0.472 e. The van der Waals surface area contributed by atoms with E-state index in [1.54, 1.807) is 30.1 Å². The summed E-state index contributed by atoms with van der Waals surface area (Å²) >= 11 is 5.71. The quantitative estimate of drug-likeness (QED) is 0.503. The highest BCUT2D eigenvalue weighted by atomic mass is 32.2. The molecular formula is C14H16N2O3S2. The van der Waals surface area contributed by atoms with E-state index in [-0.39, 0.29) is 12.6 Å². The van der Waals surface area contributed by atoms with E-state index in [1.165, 1.54) is 11.2 Å². The molecule has 112 valence electrons. The maximum atomic E-state index is 11.9. The van der Waals surface area contributed by atoms with Gasteiger partial charge in [-0.3, -0.25) is 0 Å². The molecule has 0 radical (unpaired) electrons. The molecule has 1 aromatic heterocycles. The topological polar surface area (TPSA) is 53.4 Å². The Bertz CT molecular complexity index is 628. The van der Waals surface area contributed by atoms with E-state index in [9.17, 15) is 4.79 Å². The molecule has 0 unspecified atom stereocenters. The number of esters is 1. The summed E-state index contributed by atoms with van der Waals surface area (Å²) in [5.41, 5.74) is 1.33. The first-order valence-corrected chi connectivity index (χ1v) is 7.75. The maximum absolute atomic E-state index is 11.9. The second kappa shape index (κ2) is 7.42. The van der Waals surface area contributed by atoms with Gasteiger partial charge in [-0.25, -0.2) is 8.88 Å². The first-order valence-electron chi connectivity index (χ1n) is 6.36. The van der Waals surface area contributed by atoms with Crippen LogP contribution in [0.4, 0.5) is 0 Å². The zero-order valence-corrected chi connectivity index (χ0v) is 13.5. The van der Waals surface area contributed by atoms with Gasteiger partial charge in [0.2, 0.25) is 5.88 Å². The number of benzene rings is 1. The highest BCUT2D eigenvalue weighted by molar-refractivity contribution is 7.99. The van der Waals surface area contributed by atoms with Crippen LogP contribution in [0.25, 0.3) is 0 Å². The van der Waals surface area contributed by atoms with Crippen LogP contribution in [0.2, 0.25) is 0 Å². The molecule has 2 rings (SSSR count). The summed E-state index contributed by atoms with van der Waals surface area (Å²) in [6.07, 6.45) is 1.67. The van der Waals surface area contributed by atoms with Crippen LogP contribution < -0.4 is 4.74 Å². The van der Waals surface area contributed by atoms with Crippen molar-refractivity contribution < 1.29 is 14.3 Å². The van der Waals surface area contributed by atoms with Crippen LogP contribution >= 0.6 is 24.6 Å². The van der Waals surface area contributed by atoms with Gasteiger partial charge >= 0.3 is 5.97 Å². The summed E-state index contributed by atoms with van der Waals surface area (Å²) in [6.45, 7) is 2.31. The van der Waals surface area contributed by atoms with Crippen molar-refractivity contribution in [2.24, 2.45) is 0 Å². The number of thiol groups is 1. The van der Waals surface area contributed by atoms with Gasteiger partial charge in [0.25, 0.3) is 0 Å². The first kappa shape index (κ1) is 15.8. The Morgan fingerprint density at radius 1 is 1.43 bits per heavy atom. The molecule has 1 heterocycles. The molecule has 0 bridgehead atoms. The third kappa shape index (κ3) is 3.95. The Hall–Kier alpha value is -1.60. The summed E-state index contributed by atoms with van der Waals surface area (Å²) in [6, 6.07) is 7.26. The average Bonchev–Trinajstić information content (AvgIpc) is 2.91. The van der Waals surface area contributed by atoms with Gasteiger partial charge in [0.05, 0.1) is 12.7 Å². The van der Waals surface area contributed by atoms with Crippen LogP contribution in [0.15, 0.2) is 35.4 Å². The molecule has 0 aliphatic rings. The van der Waals surface area contributed by atoms with Crippen LogP contribution in [0.1, 0.15) is 22.8 Å². The molecule has 0 aliphatic carbocycles. The minimum atomic E-state index is -0.369. The predicted octanol–water partition coefficient (Wildman–Crippen LogP) is 3.05. The van der Waals surface area contributed by atoms with Gasteiger partial charge in [-0.1, -0.05) is 13.0 Å². The van der Waals surface area contributed by atoms with Crippen molar-refractivity contribution in [3.05, 3.63) is 41.6 Å². The number of nitrogens with zero attached hydrogens (tertiary/aromatic N) is 2. The van der Waals surface area contributed by atoms with Crippen molar-refractivity contribution in [2.45, 2.75) is 18.4 Å². The number of aromatic nitrogens is 2. The van der Waals surface area contributed by atoms with Gasteiger partial charge in [-0.15, -0.1) is 16.9 Å². The van der Waals surface area contributed by atoms with Gasteiger partial charge in [-0.2, -0.15) is 0 Å². The van der Waals surface area contributed by atoms with Crippen LogP contribution in [0, 0.1) is 0 Å². The lowest BCUT2D eigenvalue weighted by Crippen LogP contribution is -2.09. The molecule has 0 fully saturated rings. The Kier molecular flexibility index (Phi) is 5.58. The predicted molar refractivity (Wildman–Crippen MR) is 85.1 cm³/mol. The van der Waals surface area contributed by atoms with E-state index in [4.69, 9.17) is 9.47 Å². The van der Waals surface area contributed by atoms with Crippen molar-refractivity contribution in [1.82, 2.24) is 9.19 Å². The van der Waals surface area contributed by atoms with E-state index in [0.29, 0.717) is 11.4 Å². The molecule has 2 aromatic rings. The molecular weight excluding hydrogens is 308 g/mol. The second-order valence-electron chi connectivity index (χ2n) is 4.07. The van der Waals surface area contributed by atoms with Gasteiger partial charge in [-0.05, 0) is 30.7 Å². The van der Waals surface area contributed by atoms with Crippen molar-refractivity contribution in [1.29, 1.82) is 0 Å². The van der Waals surface area contributed by atoms with E-state index in [1.807, 2.05) is 12.1 Å². The summed E-state index contributed by atoms with van der Waals surface area (Å²) < 4.78 is 11.8. The monoisotopic (exact) mass is 324 g/mol. The third-order valence-electron chi connectivity index (χ3n) is 2.75. The molecule has 0 saturated heterocycles. The molecule has 7 heteroatoms. The Morgan fingerprint density at radius 3 is 2.86 bits per heavy atom. The van der Waals surface area contributed by atoms with E-state index in [0.717, 1.165) is 16.2 Å². The second-order valence-corrected chi connectivity index (χ2v) is 5.79. The van der Waals surface area contributed by atoms with Crippen molar-refractivity contribution in [3.8, 4) is 5.88 Å². The molecule has 0 spiro atoms. The van der Waals surface area contributed by atoms with Crippen LogP contribution in [-0.2, 0) is 11.3 Å². The highest BCUT2D eigenvalue weighted by Gasteiger charge is 2.16. The fraction of sp³-hybridized carbons (Fsp3) is 0.286.